The summed E-state index contributed by atoms with van der Waals surface area (Å²) in [7, 11) is 3.22. The molecule has 1 heterocycles. The van der Waals surface area contributed by atoms with Crippen molar-refractivity contribution in [1.82, 2.24) is 9.78 Å². The van der Waals surface area contributed by atoms with Crippen molar-refractivity contribution in [3.63, 3.8) is 0 Å². The molecule has 2 aromatic rings. The van der Waals surface area contributed by atoms with Crippen molar-refractivity contribution < 1.29 is 14.6 Å². The smallest absolute Gasteiger partial charge is 0.339 e. The van der Waals surface area contributed by atoms with Gasteiger partial charge in [-0.25, -0.2) is 4.79 Å². The SMILES string of the molecule is COC(=O)c1ccccc1Sc1c(CC(N)CO)c(C)nn1C. The van der Waals surface area contributed by atoms with Gasteiger partial charge >= 0.3 is 5.97 Å². The summed E-state index contributed by atoms with van der Waals surface area (Å²) in [6, 6.07) is 6.93. The molecule has 7 heteroatoms. The number of esters is 1. The molecule has 0 saturated heterocycles. The Kier molecular flexibility index (Phi) is 5.81. The average molecular weight is 335 g/mol. The predicted molar refractivity (Wildman–Crippen MR) is 88.6 cm³/mol. The van der Waals surface area contributed by atoms with Crippen LogP contribution in [0, 0.1) is 6.92 Å². The summed E-state index contributed by atoms with van der Waals surface area (Å²) in [6.07, 6.45) is 0.527. The van der Waals surface area contributed by atoms with Gasteiger partial charge in [0.1, 0.15) is 5.03 Å². The van der Waals surface area contributed by atoms with Gasteiger partial charge < -0.3 is 15.6 Å². The Morgan fingerprint density at radius 2 is 2.17 bits per heavy atom. The quantitative estimate of drug-likeness (QED) is 0.778. The van der Waals surface area contributed by atoms with Crippen molar-refractivity contribution >= 4 is 17.7 Å². The summed E-state index contributed by atoms with van der Waals surface area (Å²) in [6.45, 7) is 1.83. The van der Waals surface area contributed by atoms with Gasteiger partial charge in [-0.1, -0.05) is 23.9 Å². The molecule has 23 heavy (non-hydrogen) atoms. The van der Waals surface area contributed by atoms with Gasteiger partial charge in [0.05, 0.1) is 25.0 Å². The van der Waals surface area contributed by atoms with Crippen molar-refractivity contribution in [3.05, 3.63) is 41.1 Å². The highest BCUT2D eigenvalue weighted by molar-refractivity contribution is 7.99. The maximum atomic E-state index is 11.9. The molecule has 0 aliphatic rings. The summed E-state index contributed by atoms with van der Waals surface area (Å²) in [5, 5.41) is 14.5. The van der Waals surface area contributed by atoms with E-state index in [9.17, 15) is 9.90 Å². The fourth-order valence-electron chi connectivity index (χ4n) is 2.31. The molecular formula is C16H21N3O3S. The van der Waals surface area contributed by atoms with E-state index in [-0.39, 0.29) is 18.6 Å². The molecule has 0 saturated carbocycles. The Bertz CT molecular complexity index is 700. The van der Waals surface area contributed by atoms with Crippen LogP contribution in [0.15, 0.2) is 34.2 Å². The second kappa shape index (κ2) is 7.63. The Labute approximate surface area is 139 Å². The first-order chi connectivity index (χ1) is 11.0. The second-order valence-corrected chi connectivity index (χ2v) is 6.26. The number of ether oxygens (including phenoxy) is 1. The average Bonchev–Trinajstić information content (AvgIpc) is 2.81. The van der Waals surface area contributed by atoms with E-state index in [2.05, 4.69) is 5.10 Å². The molecule has 1 aromatic heterocycles. The van der Waals surface area contributed by atoms with E-state index >= 15 is 0 Å². The second-order valence-electron chi connectivity index (χ2n) is 5.23. The first kappa shape index (κ1) is 17.5. The normalized spacial score (nSPS) is 12.2. The molecule has 3 N–H and O–H groups in total. The molecule has 1 unspecified atom stereocenters. The van der Waals surface area contributed by atoms with Crippen LogP contribution in [0.2, 0.25) is 0 Å². The maximum Gasteiger partial charge on any atom is 0.339 e. The van der Waals surface area contributed by atoms with Crippen LogP contribution in [0.3, 0.4) is 0 Å². The number of methoxy groups -OCH3 is 1. The lowest BCUT2D eigenvalue weighted by Crippen LogP contribution is -2.27. The van der Waals surface area contributed by atoms with Crippen molar-refractivity contribution in [2.24, 2.45) is 12.8 Å². The van der Waals surface area contributed by atoms with Crippen molar-refractivity contribution in [3.8, 4) is 0 Å². The first-order valence-corrected chi connectivity index (χ1v) is 8.03. The number of carbonyl (C=O) groups excluding carboxylic acids is 1. The lowest BCUT2D eigenvalue weighted by molar-refractivity contribution is 0.0597. The zero-order valence-corrected chi connectivity index (χ0v) is 14.3. The summed E-state index contributed by atoms with van der Waals surface area (Å²) < 4.78 is 6.61. The van der Waals surface area contributed by atoms with Gasteiger partial charge in [-0.3, -0.25) is 4.68 Å². The molecule has 1 aromatic carbocycles. The molecule has 0 spiro atoms. The zero-order valence-electron chi connectivity index (χ0n) is 13.4. The van der Waals surface area contributed by atoms with Gasteiger partial charge in [-0.15, -0.1) is 0 Å². The molecule has 0 aliphatic heterocycles. The van der Waals surface area contributed by atoms with Crippen LogP contribution in [-0.4, -0.2) is 40.6 Å². The van der Waals surface area contributed by atoms with Gasteiger partial charge in [0.15, 0.2) is 0 Å². The Balaban J connectivity index is 2.39. The maximum absolute atomic E-state index is 11.9. The predicted octanol–water partition coefficient (Wildman–Crippen LogP) is 1.53. The van der Waals surface area contributed by atoms with Gasteiger partial charge in [-0.05, 0) is 25.5 Å². The van der Waals surface area contributed by atoms with Crippen LogP contribution in [0.5, 0.6) is 0 Å². The highest BCUT2D eigenvalue weighted by atomic mass is 32.2. The molecule has 124 valence electrons. The minimum Gasteiger partial charge on any atom is -0.465 e. The van der Waals surface area contributed by atoms with Crippen LogP contribution in [0.25, 0.3) is 0 Å². The molecule has 0 fully saturated rings. The zero-order chi connectivity index (χ0) is 17.0. The number of hydrogen-bond acceptors (Lipinski definition) is 6. The van der Waals surface area contributed by atoms with Crippen molar-refractivity contribution in [2.75, 3.05) is 13.7 Å². The summed E-state index contributed by atoms with van der Waals surface area (Å²) in [5.74, 6) is -0.374. The number of nitrogens with two attached hydrogens (primary N) is 1. The molecule has 0 bridgehead atoms. The van der Waals surface area contributed by atoms with Crippen molar-refractivity contribution in [1.29, 1.82) is 0 Å². The highest BCUT2D eigenvalue weighted by Crippen LogP contribution is 2.34. The van der Waals surface area contributed by atoms with E-state index in [1.807, 2.05) is 26.1 Å². The number of aliphatic hydroxyl groups excluding tert-OH is 1. The van der Waals surface area contributed by atoms with Crippen LogP contribution in [0.4, 0.5) is 0 Å². The summed E-state index contributed by atoms with van der Waals surface area (Å²) in [5.41, 5.74) is 8.24. The van der Waals surface area contributed by atoms with Crippen LogP contribution in [0.1, 0.15) is 21.6 Å². The van der Waals surface area contributed by atoms with Crippen molar-refractivity contribution in [2.45, 2.75) is 29.3 Å². The van der Waals surface area contributed by atoms with E-state index < -0.39 is 0 Å². The molecule has 6 nitrogen and oxygen atoms in total. The Morgan fingerprint density at radius 1 is 1.48 bits per heavy atom. The molecule has 0 amide bonds. The summed E-state index contributed by atoms with van der Waals surface area (Å²) in [4.78, 5) is 12.7. The fourth-order valence-corrected chi connectivity index (χ4v) is 3.45. The number of benzene rings is 1. The number of carbonyl (C=O) groups is 1. The van der Waals surface area contributed by atoms with E-state index in [4.69, 9.17) is 10.5 Å². The third kappa shape index (κ3) is 3.93. The molecular weight excluding hydrogens is 314 g/mol. The van der Waals surface area contributed by atoms with Gasteiger partial charge in [0.2, 0.25) is 0 Å². The topological polar surface area (TPSA) is 90.4 Å². The largest absolute Gasteiger partial charge is 0.465 e. The molecule has 2 rings (SSSR count). The summed E-state index contributed by atoms with van der Waals surface area (Å²) >= 11 is 1.45. The van der Waals surface area contributed by atoms with Gasteiger partial charge in [0, 0.05) is 23.5 Å². The number of rotatable bonds is 6. The van der Waals surface area contributed by atoms with E-state index in [1.165, 1.54) is 18.9 Å². The van der Waals surface area contributed by atoms with E-state index in [0.717, 1.165) is 21.2 Å². The fraction of sp³-hybridized carbons (Fsp3) is 0.375. The number of hydrogen-bond donors (Lipinski definition) is 2. The van der Waals surface area contributed by atoms with Gasteiger partial charge in [-0.2, -0.15) is 5.10 Å². The lowest BCUT2D eigenvalue weighted by atomic mass is 10.1. The van der Waals surface area contributed by atoms with Crippen LogP contribution >= 0.6 is 11.8 Å². The van der Waals surface area contributed by atoms with E-state index in [1.54, 1.807) is 16.8 Å². The van der Waals surface area contributed by atoms with Gasteiger partial charge in [0.25, 0.3) is 0 Å². The van der Waals surface area contributed by atoms with Crippen LogP contribution in [-0.2, 0) is 18.2 Å². The number of aromatic nitrogens is 2. The molecule has 1 atom stereocenters. The first-order valence-electron chi connectivity index (χ1n) is 7.22. The lowest BCUT2D eigenvalue weighted by Gasteiger charge is -2.12. The molecule has 0 radical (unpaired) electrons. The minimum absolute atomic E-state index is 0.0861. The number of aliphatic hydroxyl groups is 1. The monoisotopic (exact) mass is 335 g/mol. The minimum atomic E-state index is -0.374. The van der Waals surface area contributed by atoms with Crippen LogP contribution < -0.4 is 5.73 Å². The number of aryl methyl sites for hydroxylation is 2. The highest BCUT2D eigenvalue weighted by Gasteiger charge is 2.19. The third-order valence-electron chi connectivity index (χ3n) is 3.49. The third-order valence-corrected chi connectivity index (χ3v) is 4.77. The number of nitrogens with zero attached hydrogens (tertiary/aromatic N) is 2. The Hall–Kier alpha value is -1.83. The Morgan fingerprint density at radius 3 is 2.83 bits per heavy atom. The standard InChI is InChI=1S/C16H21N3O3S/c1-10-13(8-11(17)9-20)15(19(2)18-10)23-14-7-5-4-6-12(14)16(21)22-3/h4-7,11,20H,8-9,17H2,1-3H3. The molecule has 0 aliphatic carbocycles. The van der Waals surface area contributed by atoms with E-state index in [0.29, 0.717) is 12.0 Å².